The molecule has 538 valence electrons. The fraction of sp³-hybridized carbons (Fsp3) is 0.719. The zero-order valence-electron chi connectivity index (χ0n) is 25.0. The highest BCUT2D eigenvalue weighted by Crippen LogP contribution is 2.58. The van der Waals surface area contributed by atoms with Crippen LogP contribution >= 0.6 is 0 Å². The highest BCUT2D eigenvalue weighted by Gasteiger charge is 2.58. The molecule has 0 aliphatic heterocycles. The second kappa shape index (κ2) is 10.9. The van der Waals surface area contributed by atoms with E-state index >= 15 is 0 Å². The van der Waals surface area contributed by atoms with E-state index < -0.39 is 17.7 Å². The standard InChI is InChI=1S/C32H51NO3.168H2/c1-13-33(29(6,7)8)24(4)17-18-25(5)36-28(34)32(35,26-19-16-22(2)23(3)21-26)27-15-14-20-30(9,10)31(27,11)12;;;;;;;;;;;;;;;;;;;;;;;;;;;;;;;;;;;;;;;;;;;;;;;;;;;;;;;;;;;;;;;;;;;;;;;;;;;;;;;;;;;;;;;;;;;;;;;;;;;;;;;;;;;;;;;;;;;;;;;;;;;;;;;;;;;;;;;;;;;;;;;;;;;;;;;;;;;;;;;;;;;;;;;;/h16,19,21,24-25,27,35H,13-15,20H2,1-12H3;168*1H. The highest BCUT2D eigenvalue weighted by atomic mass is 16.6. The lowest BCUT2D eigenvalue weighted by molar-refractivity contribution is -0.194. The number of esters is 1. The first kappa shape index (κ1) is 30.4. The van der Waals surface area contributed by atoms with Crippen molar-refractivity contribution in [1.82, 2.24) is 4.90 Å². The summed E-state index contributed by atoms with van der Waals surface area (Å²) in [5, 5.41) is 12.4. The molecule has 4 nitrogen and oxygen atoms in total. The summed E-state index contributed by atoms with van der Waals surface area (Å²) in [5.74, 6) is 5.54. The summed E-state index contributed by atoms with van der Waals surface area (Å²) >= 11 is 0. The monoisotopic (exact) mass is 836 g/mol. The Morgan fingerprint density at radius 1 is 1.17 bits per heavy atom. The first-order chi connectivity index (χ1) is 16.4. The van der Waals surface area contributed by atoms with Crippen LogP contribution in [-0.2, 0) is 15.1 Å². The molecule has 0 amide bonds. The largest absolute Gasteiger partial charge is 0.447 e. The molecule has 1 aromatic rings. The normalized spacial score (nSPS) is 22.7. The first-order valence-electron chi connectivity index (χ1n) is 13.7. The molecule has 1 fully saturated rings. The van der Waals surface area contributed by atoms with Gasteiger partial charge < -0.3 is 9.84 Å². The third-order valence-electron chi connectivity index (χ3n) is 9.12. The van der Waals surface area contributed by atoms with Crippen molar-refractivity contribution in [2.45, 2.75) is 126 Å². The van der Waals surface area contributed by atoms with Crippen LogP contribution in [0.4, 0.5) is 0 Å². The molecule has 0 spiro atoms. The van der Waals surface area contributed by atoms with E-state index in [4.69, 9.17) is 4.74 Å². The third-order valence-corrected chi connectivity index (χ3v) is 9.12. The van der Waals surface area contributed by atoms with Crippen LogP contribution < -0.4 is 0 Å². The van der Waals surface area contributed by atoms with Gasteiger partial charge in [-0.3, -0.25) is 4.90 Å². The minimum atomic E-state index is -1.75. The molecule has 0 radical (unpaired) electrons. The maximum absolute atomic E-state index is 13.9. The molecule has 4 unspecified atom stereocenters. The van der Waals surface area contributed by atoms with Crippen molar-refractivity contribution < 1.29 is 254 Å². The van der Waals surface area contributed by atoms with E-state index in [1.54, 1.807) is 6.92 Å². The van der Waals surface area contributed by atoms with E-state index in [1.165, 1.54) is 0 Å². The van der Waals surface area contributed by atoms with Gasteiger partial charge in [-0.25, -0.2) is 4.79 Å². The quantitative estimate of drug-likeness (QED) is 0.229. The van der Waals surface area contributed by atoms with Crippen LogP contribution in [0.3, 0.4) is 0 Å². The van der Waals surface area contributed by atoms with Gasteiger partial charge in [0.2, 0.25) is 0 Å². The molecule has 0 heterocycles. The fourth-order valence-electron chi connectivity index (χ4n) is 6.00. The van der Waals surface area contributed by atoms with Crippen LogP contribution in [0.25, 0.3) is 0 Å². The number of aliphatic hydroxyl groups is 1. The molecule has 4 atom stereocenters. The Hall–Kier alpha value is -1.83. The van der Waals surface area contributed by atoms with Gasteiger partial charge >= 0.3 is 5.97 Å². The van der Waals surface area contributed by atoms with Gasteiger partial charge in [-0.05, 0) is 95.4 Å². The minimum absolute atomic E-state index is 0. The van der Waals surface area contributed by atoms with Gasteiger partial charge in [-0.15, -0.1) is 0 Å². The van der Waals surface area contributed by atoms with Crippen LogP contribution in [-0.4, -0.2) is 40.2 Å². The van der Waals surface area contributed by atoms with Crippen LogP contribution in [0, 0.1) is 42.4 Å². The number of rotatable bonds is 6. The summed E-state index contributed by atoms with van der Waals surface area (Å²) in [4.78, 5) is 16.2. The number of carbonyl (C=O) groups is 1. The second-order valence-electron chi connectivity index (χ2n) is 13.1. The van der Waals surface area contributed by atoms with E-state index in [-0.39, 0.29) is 268 Å². The first-order valence-corrected chi connectivity index (χ1v) is 13.7. The second-order valence-corrected chi connectivity index (χ2v) is 13.1. The fourth-order valence-corrected chi connectivity index (χ4v) is 6.00. The van der Waals surface area contributed by atoms with E-state index in [2.05, 4.69) is 79.1 Å². The highest BCUT2D eigenvalue weighted by molar-refractivity contribution is 5.82. The average molecular weight is 836 g/mol. The minimum Gasteiger partial charge on any atom is -0.447 e. The molecule has 36 heavy (non-hydrogen) atoms. The van der Waals surface area contributed by atoms with Gasteiger partial charge in [0.25, 0.3) is 0 Å². The molecular weight excluding hydrogens is 446 g/mol. The molecule has 0 bridgehead atoms. The smallest absolute Gasteiger partial charge is 0.344 e. The average Bonchev–Trinajstić information content (AvgIpc) is 2.75. The Morgan fingerprint density at radius 3 is 2.31 bits per heavy atom. The Labute approximate surface area is 470 Å². The van der Waals surface area contributed by atoms with Crippen LogP contribution in [0.5, 0.6) is 0 Å². The number of carbonyl (C=O) groups excluding carboxylic acids is 1. The van der Waals surface area contributed by atoms with Crippen molar-refractivity contribution in [3.8, 4) is 11.8 Å². The number of nitrogens with zero attached hydrogens (tertiary/aromatic N) is 1. The summed E-state index contributed by atoms with van der Waals surface area (Å²) in [7, 11) is 0. The molecule has 1 N–H and O–H groups in total. The third kappa shape index (κ3) is 6.00. The van der Waals surface area contributed by atoms with Crippen molar-refractivity contribution >= 4 is 5.97 Å². The Morgan fingerprint density at radius 2 is 1.78 bits per heavy atom. The Kier molecular flexibility index (Phi) is 9.19. The van der Waals surface area contributed by atoms with Gasteiger partial charge in [0.15, 0.2) is 11.7 Å². The number of aryl methyl sites for hydroxylation is 2. The maximum Gasteiger partial charge on any atom is 0.344 e. The van der Waals surface area contributed by atoms with E-state index in [9.17, 15) is 9.90 Å². The predicted octanol–water partition coefficient (Wildman–Crippen LogP) is 48.1. The summed E-state index contributed by atoms with van der Waals surface area (Å²) in [6.07, 6.45) is 2.17. The van der Waals surface area contributed by atoms with Crippen molar-refractivity contribution in [3.63, 3.8) is 0 Å². The van der Waals surface area contributed by atoms with Crippen molar-refractivity contribution in [2.75, 3.05) is 6.54 Å². The molecule has 0 saturated heterocycles. The maximum atomic E-state index is 13.9. The molecule has 1 aliphatic rings. The van der Waals surface area contributed by atoms with Gasteiger partial charge in [0.1, 0.15) is 0 Å². The molecule has 2 rings (SSSR count). The summed E-state index contributed by atoms with van der Waals surface area (Å²) in [5.41, 5.74) is 0.732. The van der Waals surface area contributed by atoms with Gasteiger partial charge in [0, 0.05) is 251 Å². The number of hydrogen-bond acceptors (Lipinski definition) is 4. The van der Waals surface area contributed by atoms with Crippen LogP contribution in [0.2, 0.25) is 0 Å². The van der Waals surface area contributed by atoms with Gasteiger partial charge in [-0.2, -0.15) is 0 Å². The van der Waals surface area contributed by atoms with Crippen molar-refractivity contribution in [1.29, 1.82) is 0 Å². The van der Waals surface area contributed by atoms with Crippen LogP contribution in [0.15, 0.2) is 18.2 Å². The van der Waals surface area contributed by atoms with E-state index in [0.717, 1.165) is 36.9 Å². The van der Waals surface area contributed by atoms with E-state index in [1.807, 2.05) is 32.0 Å². The number of ether oxygens (including phenoxy) is 1. The zero-order valence-corrected chi connectivity index (χ0v) is 25.0. The van der Waals surface area contributed by atoms with Crippen LogP contribution in [0.1, 0.15) is 345 Å². The lowest BCUT2D eigenvalue weighted by Gasteiger charge is -2.55. The Bertz CT molecular complexity index is 1130. The zero-order chi connectivity index (χ0) is 27.7. The van der Waals surface area contributed by atoms with Crippen molar-refractivity contribution in [3.05, 3.63) is 34.9 Å². The summed E-state index contributed by atoms with van der Waals surface area (Å²) in [6.45, 7) is 26.3. The topological polar surface area (TPSA) is 49.8 Å². The molecule has 1 aromatic carbocycles. The lowest BCUT2D eigenvalue weighted by Crippen LogP contribution is -2.56. The molecule has 1 saturated carbocycles. The van der Waals surface area contributed by atoms with Gasteiger partial charge in [-0.1, -0.05) is 71.1 Å². The van der Waals surface area contributed by atoms with E-state index in [0.29, 0.717) is 5.56 Å². The lowest BCUT2D eigenvalue weighted by atomic mass is 9.50. The predicted molar refractivity (Wildman–Crippen MR) is 505 cm³/mol. The molecular formula is C32H387NO3. The Balaban J connectivity index is -0.000000000494. The SMILES string of the molecule is CCN(C(C)C#CC(C)OC(=O)C(O)(c1ccc(C)c(C)c1)C1CCCC(C)(C)C1(C)C)C(C)(C)C.[HH].[HH].[HH].[HH].[HH].[HH].[HH].[HH].[HH].[HH].[HH].[HH].[HH].[HH].[HH].[HH].[HH].[HH].[HH].[HH].[HH].[HH].[HH].[HH].[HH].[HH].[HH].[HH].[HH].[HH].[HH].[HH].[HH].[HH].[HH].[HH].[HH].[HH].[HH].[HH].[HH].[HH].[HH].[HH].[HH].[HH].[HH].[HH].[HH].[HH].[HH].[HH].[HH].[HH].[HH].[HH].[HH].[HH].[HH].[HH].[HH].[HH].[HH].[HH].[HH].[HH].[HH].[HH].[HH].[HH].[HH].[HH].[HH].[HH].[HH].[HH].[HH].[HH].[HH].[HH].[HH].[HH].[HH].[HH].[HH].[HH].[HH].[HH].[HH].[HH].[HH].[HH].[HH].[HH].[HH].[HH].[HH].[HH].[HH].[HH].[HH].[HH].[HH].[HH].[HH].[HH].[HH].[HH].[HH].[HH].[HH].[HH].[HH].[HH].[HH].[HH].[HH].[HH].[HH].[HH].[HH].[HH].[HH].[HH].[HH].[HH].[HH].[HH].[HH].[HH].[HH].[HH].[HH].[HH].[HH].[HH].[HH].[HH].[HH].[HH].[HH].[HH].[HH].[HH].[HH].[HH].[HH].[HH].[HH].[HH].[HH].[HH].[HH].[HH].[HH].[HH].[HH].[HH].[HH].[HH].[HH].[HH].[HH].[HH].[HH].[HH].[HH].[HH]. The van der Waals surface area contributed by atoms with Gasteiger partial charge in [0.05, 0.1) is 6.04 Å². The number of benzene rings is 1. The molecule has 0 aromatic heterocycles. The molecule has 4 heteroatoms. The molecule has 1 aliphatic carbocycles. The summed E-state index contributed by atoms with van der Waals surface area (Å²) < 4.78 is 5.92. The van der Waals surface area contributed by atoms with Crippen molar-refractivity contribution in [2.24, 2.45) is 16.7 Å². The number of hydrogen-bond donors (Lipinski definition) is 1. The summed E-state index contributed by atoms with van der Waals surface area (Å²) in [6, 6.07) is 5.85.